The highest BCUT2D eigenvalue weighted by atomic mass is 35.5. The molecule has 0 unspecified atom stereocenters. The van der Waals surface area contributed by atoms with Crippen LogP contribution in [-0.4, -0.2) is 7.69 Å². The number of hydrogen-bond donors (Lipinski definition) is 0. The van der Waals surface area contributed by atoms with E-state index >= 15 is 0 Å². The molecule has 4 aromatic carbocycles. The number of rotatable bonds is 10. The maximum absolute atomic E-state index is 6.15. The van der Waals surface area contributed by atoms with Crippen LogP contribution in [0.3, 0.4) is 0 Å². The van der Waals surface area contributed by atoms with Gasteiger partial charge in [0.15, 0.2) is 11.5 Å². The number of hydrogen-bond acceptors (Lipinski definition) is 4. The summed E-state index contributed by atoms with van der Waals surface area (Å²) in [7, 11) is 1.20. The molecule has 0 aliphatic rings. The Bertz CT molecular complexity index is 1080. The summed E-state index contributed by atoms with van der Waals surface area (Å²) in [5.41, 5.74) is 2.08. The summed E-state index contributed by atoms with van der Waals surface area (Å²) in [6, 6.07) is 30.0. The molecule has 0 N–H and O–H groups in total. The van der Waals surface area contributed by atoms with E-state index in [1.165, 1.54) is 7.69 Å². The van der Waals surface area contributed by atoms with Crippen molar-refractivity contribution < 1.29 is 18.8 Å². The molecule has 0 bridgehead atoms. The summed E-state index contributed by atoms with van der Waals surface area (Å²) in [6.07, 6.45) is 0. The smallest absolute Gasteiger partial charge is 0.524 e. The topological polar surface area (TPSA) is 36.9 Å². The lowest BCUT2D eigenvalue weighted by molar-refractivity contribution is 0.288. The summed E-state index contributed by atoms with van der Waals surface area (Å²) in [6.45, 7) is 0.789. The lowest BCUT2D eigenvalue weighted by atomic mass is 10.2. The molecule has 0 saturated carbocycles. The maximum atomic E-state index is 6.15. The van der Waals surface area contributed by atoms with Gasteiger partial charge in [-0.05, 0) is 35.4 Å². The molecule has 0 aliphatic carbocycles. The van der Waals surface area contributed by atoms with E-state index in [0.29, 0.717) is 46.3 Å². The highest BCUT2D eigenvalue weighted by Gasteiger charge is 2.13. The number of benzene rings is 4. The molecule has 1 radical (unpaired) electrons. The van der Waals surface area contributed by atoms with E-state index in [-0.39, 0.29) is 0 Å². The van der Waals surface area contributed by atoms with Crippen LogP contribution in [0.15, 0.2) is 97.1 Å². The molecule has 0 aliphatic heterocycles. The van der Waals surface area contributed by atoms with Gasteiger partial charge in [0.2, 0.25) is 0 Å². The van der Waals surface area contributed by atoms with Crippen molar-refractivity contribution in [3.8, 4) is 23.0 Å². The monoisotopic (exact) mass is 477 g/mol. The van der Waals surface area contributed by atoms with E-state index < -0.39 is 0 Å². The average molecular weight is 478 g/mol. The largest absolute Gasteiger partial charge is 0.658 e. The first-order valence-corrected chi connectivity index (χ1v) is 11.0. The van der Waals surface area contributed by atoms with E-state index in [4.69, 9.17) is 42.0 Å². The fraction of sp³-hybridized carbons (Fsp3) is 0.0769. The Labute approximate surface area is 203 Å². The van der Waals surface area contributed by atoms with Crippen molar-refractivity contribution in [3.05, 3.63) is 118 Å². The van der Waals surface area contributed by atoms with Crippen LogP contribution in [0.2, 0.25) is 10.0 Å². The second-order valence-corrected chi connectivity index (χ2v) is 7.94. The Morgan fingerprint density at radius 3 is 1.36 bits per heavy atom. The molecule has 0 aromatic heterocycles. The minimum absolute atomic E-state index is 0.394. The molecule has 7 heteroatoms. The van der Waals surface area contributed by atoms with Gasteiger partial charge in [0.05, 0.1) is 0 Å². The maximum Gasteiger partial charge on any atom is 0.658 e. The Morgan fingerprint density at radius 1 is 0.515 bits per heavy atom. The van der Waals surface area contributed by atoms with Gasteiger partial charge in [-0.3, -0.25) is 0 Å². The van der Waals surface area contributed by atoms with Gasteiger partial charge in [0.1, 0.15) is 24.7 Å². The van der Waals surface area contributed by atoms with Gasteiger partial charge in [-0.15, -0.1) is 0 Å². The van der Waals surface area contributed by atoms with Gasteiger partial charge in [-0.1, -0.05) is 83.9 Å². The van der Waals surface area contributed by atoms with Gasteiger partial charge in [0.25, 0.3) is 0 Å². The predicted octanol–water partition coefficient (Wildman–Crippen LogP) is 7.14. The van der Waals surface area contributed by atoms with Crippen molar-refractivity contribution in [2.75, 3.05) is 0 Å². The Hall–Kier alpha value is -3.28. The van der Waals surface area contributed by atoms with Gasteiger partial charge in [0, 0.05) is 22.2 Å². The molecule has 165 valence electrons. The van der Waals surface area contributed by atoms with E-state index in [9.17, 15) is 0 Å². The minimum Gasteiger partial charge on any atom is -0.524 e. The fourth-order valence-electron chi connectivity index (χ4n) is 2.98. The Morgan fingerprint density at radius 2 is 0.939 bits per heavy atom. The first-order valence-electron chi connectivity index (χ1n) is 10.2. The summed E-state index contributed by atoms with van der Waals surface area (Å²) in [5.74, 6) is 1.92. The zero-order valence-electron chi connectivity index (χ0n) is 17.6. The molecule has 0 saturated heterocycles. The van der Waals surface area contributed by atoms with Crippen molar-refractivity contribution in [1.82, 2.24) is 0 Å². The van der Waals surface area contributed by atoms with Crippen LogP contribution >= 0.6 is 23.2 Å². The zero-order chi connectivity index (χ0) is 22.9. The summed E-state index contributed by atoms with van der Waals surface area (Å²) >= 11 is 12.3. The molecule has 0 amide bonds. The molecular formula is C26H20BCl2O4. The molecule has 4 nitrogen and oxygen atoms in total. The summed E-state index contributed by atoms with van der Waals surface area (Å²) in [5, 5.41) is 1.03. The van der Waals surface area contributed by atoms with Gasteiger partial charge >= 0.3 is 7.69 Å². The van der Waals surface area contributed by atoms with Crippen molar-refractivity contribution in [1.29, 1.82) is 0 Å². The lowest BCUT2D eigenvalue weighted by Crippen LogP contribution is -2.12. The minimum atomic E-state index is 0.394. The van der Waals surface area contributed by atoms with Crippen molar-refractivity contribution in [2.24, 2.45) is 0 Å². The first-order chi connectivity index (χ1) is 16.2. The SMILES string of the molecule is Clc1ccc(OCc2ccccc2)c(O[B]Oc2cc(Cl)ccc2OCc2ccccc2)c1. The van der Waals surface area contributed by atoms with E-state index in [0.717, 1.165) is 11.1 Å². The second kappa shape index (κ2) is 11.5. The first kappa shape index (κ1) is 22.9. The van der Waals surface area contributed by atoms with Crippen LogP contribution in [-0.2, 0) is 13.2 Å². The highest BCUT2D eigenvalue weighted by molar-refractivity contribution is 6.31. The van der Waals surface area contributed by atoms with Crippen LogP contribution in [0.5, 0.6) is 23.0 Å². The molecule has 0 atom stereocenters. The van der Waals surface area contributed by atoms with Crippen molar-refractivity contribution in [2.45, 2.75) is 13.2 Å². The van der Waals surface area contributed by atoms with Crippen molar-refractivity contribution in [3.63, 3.8) is 0 Å². The average Bonchev–Trinajstić information content (AvgIpc) is 2.84. The van der Waals surface area contributed by atoms with Crippen molar-refractivity contribution >= 4 is 30.9 Å². The molecule has 0 fully saturated rings. The lowest BCUT2D eigenvalue weighted by Gasteiger charge is -2.15. The molecule has 33 heavy (non-hydrogen) atoms. The van der Waals surface area contributed by atoms with Crippen LogP contribution in [0.4, 0.5) is 0 Å². The van der Waals surface area contributed by atoms with Crippen LogP contribution in [0, 0.1) is 0 Å². The quantitative estimate of drug-likeness (QED) is 0.227. The van der Waals surface area contributed by atoms with Crippen LogP contribution in [0.25, 0.3) is 0 Å². The summed E-state index contributed by atoms with van der Waals surface area (Å²) in [4.78, 5) is 0. The zero-order valence-corrected chi connectivity index (χ0v) is 19.1. The van der Waals surface area contributed by atoms with E-state index in [1.54, 1.807) is 36.4 Å². The van der Waals surface area contributed by atoms with E-state index in [1.807, 2.05) is 60.7 Å². The summed E-state index contributed by atoms with van der Waals surface area (Å²) < 4.78 is 23.2. The van der Waals surface area contributed by atoms with Gasteiger partial charge < -0.3 is 18.8 Å². The normalized spacial score (nSPS) is 10.4. The van der Waals surface area contributed by atoms with Gasteiger partial charge in [-0.25, -0.2) is 0 Å². The van der Waals surface area contributed by atoms with Crippen LogP contribution < -0.4 is 18.8 Å². The highest BCUT2D eigenvalue weighted by Crippen LogP contribution is 2.33. The Kier molecular flexibility index (Phi) is 8.02. The molecule has 0 heterocycles. The molecular weight excluding hydrogens is 458 g/mol. The third kappa shape index (κ3) is 6.85. The third-order valence-corrected chi connectivity index (χ3v) is 5.11. The second-order valence-electron chi connectivity index (χ2n) is 7.06. The van der Waals surface area contributed by atoms with Crippen LogP contribution in [0.1, 0.15) is 11.1 Å². The molecule has 0 spiro atoms. The predicted molar refractivity (Wildman–Crippen MR) is 131 cm³/mol. The fourth-order valence-corrected chi connectivity index (χ4v) is 3.31. The molecule has 4 aromatic rings. The number of ether oxygens (including phenoxy) is 2. The standard InChI is InChI=1S/C26H20BCl2O4/c28-21-11-13-23(30-17-19-7-3-1-4-8-19)25(15-21)32-27-33-26-16-22(29)12-14-24(26)31-18-20-9-5-2-6-10-20/h1-16H,17-18H2. The van der Waals surface area contributed by atoms with E-state index in [2.05, 4.69) is 0 Å². The van der Waals surface area contributed by atoms with Gasteiger partial charge in [-0.2, -0.15) is 0 Å². The number of halogens is 2. The third-order valence-electron chi connectivity index (χ3n) is 4.64. The molecule has 4 rings (SSSR count). The Balaban J connectivity index is 1.39.